The first-order valence-corrected chi connectivity index (χ1v) is 10.4. The zero-order valence-corrected chi connectivity index (χ0v) is 16.9. The highest BCUT2D eigenvalue weighted by Gasteiger charge is 1.92. The molecule has 0 aliphatic rings. The fraction of sp³-hybridized carbons (Fsp3) is 1.00. The summed E-state index contributed by atoms with van der Waals surface area (Å²) in [4.78, 5) is 2.27. The molecule has 2 heteroatoms. The molecular weight excluding hydrogens is 290 g/mol. The molecular formula is C20H44ClN. The maximum atomic E-state index is 5.51. The van der Waals surface area contributed by atoms with Gasteiger partial charge in [0.15, 0.2) is 0 Å². The van der Waals surface area contributed by atoms with E-state index in [9.17, 15) is 0 Å². The van der Waals surface area contributed by atoms with Crippen LogP contribution in [0.5, 0.6) is 0 Å². The van der Waals surface area contributed by atoms with E-state index < -0.39 is 0 Å². The minimum Gasteiger partial charge on any atom is -0.309 e. The molecule has 0 fully saturated rings. The number of alkyl halides is 1. The number of hydrogen-bond acceptors (Lipinski definition) is 1. The number of hydrogen-bond donors (Lipinski definition) is 0. The monoisotopic (exact) mass is 333 g/mol. The molecule has 0 aliphatic heterocycles. The molecule has 0 unspecified atom stereocenters. The Kier molecular flexibility index (Phi) is 26.2. The first-order chi connectivity index (χ1) is 10.7. The highest BCUT2D eigenvalue weighted by Crippen LogP contribution is 2.08. The Hall–Kier alpha value is 0.250. The van der Waals surface area contributed by atoms with Crippen molar-refractivity contribution in [2.75, 3.05) is 26.5 Å². The highest BCUT2D eigenvalue weighted by molar-refractivity contribution is 6.17. The Balaban J connectivity index is 0. The lowest BCUT2D eigenvalue weighted by atomic mass is 10.1. The summed E-state index contributed by atoms with van der Waals surface area (Å²) in [5, 5.41) is 0. The van der Waals surface area contributed by atoms with Crippen LogP contribution in [0, 0.1) is 0 Å². The van der Waals surface area contributed by atoms with Crippen LogP contribution < -0.4 is 0 Å². The van der Waals surface area contributed by atoms with E-state index in [0.29, 0.717) is 0 Å². The van der Waals surface area contributed by atoms with Gasteiger partial charge in [0.2, 0.25) is 0 Å². The van der Waals surface area contributed by atoms with Crippen LogP contribution in [0.3, 0.4) is 0 Å². The van der Waals surface area contributed by atoms with Crippen LogP contribution in [0.2, 0.25) is 0 Å². The Morgan fingerprint density at radius 1 is 0.545 bits per heavy atom. The summed E-state index contributed by atoms with van der Waals surface area (Å²) >= 11 is 5.51. The predicted octanol–water partition coefficient (Wildman–Crippen LogP) is 7.27. The van der Waals surface area contributed by atoms with Gasteiger partial charge in [-0.2, -0.15) is 0 Å². The average molecular weight is 334 g/mol. The fourth-order valence-corrected chi connectivity index (χ4v) is 2.63. The van der Waals surface area contributed by atoms with E-state index in [0.717, 1.165) is 5.88 Å². The maximum Gasteiger partial charge on any atom is 0.0223 e. The van der Waals surface area contributed by atoms with Gasteiger partial charge in [-0.05, 0) is 33.5 Å². The fourth-order valence-electron chi connectivity index (χ4n) is 2.44. The average Bonchev–Trinajstić information content (AvgIpc) is 2.50. The second kappa shape index (κ2) is 23.5. The van der Waals surface area contributed by atoms with E-state index in [1.165, 1.54) is 96.4 Å². The molecule has 0 atom stereocenters. The van der Waals surface area contributed by atoms with Crippen molar-refractivity contribution >= 4 is 11.6 Å². The first kappa shape index (κ1) is 24.5. The Morgan fingerprint density at radius 3 is 1.27 bits per heavy atom. The third-order valence-electron chi connectivity index (χ3n) is 3.95. The van der Waals surface area contributed by atoms with E-state index in [1.807, 2.05) is 0 Å². The molecule has 1 nitrogen and oxygen atoms in total. The van der Waals surface area contributed by atoms with Crippen LogP contribution in [0.1, 0.15) is 104 Å². The molecule has 0 aromatic rings. The molecule has 0 aliphatic carbocycles. The first-order valence-electron chi connectivity index (χ1n) is 9.89. The van der Waals surface area contributed by atoms with E-state index >= 15 is 0 Å². The van der Waals surface area contributed by atoms with E-state index in [-0.39, 0.29) is 0 Å². The second-order valence-corrected chi connectivity index (χ2v) is 7.11. The smallest absolute Gasteiger partial charge is 0.0223 e. The minimum absolute atomic E-state index is 0.839. The van der Waals surface area contributed by atoms with Crippen molar-refractivity contribution in [2.24, 2.45) is 0 Å². The lowest BCUT2D eigenvalue weighted by molar-refractivity contribution is 0.389. The summed E-state index contributed by atoms with van der Waals surface area (Å²) in [6, 6.07) is 0. The number of rotatable bonds is 15. The van der Waals surface area contributed by atoms with Gasteiger partial charge in [-0.15, -0.1) is 11.6 Å². The maximum absolute atomic E-state index is 5.51. The third kappa shape index (κ3) is 28.4. The van der Waals surface area contributed by atoms with Crippen LogP contribution in [0.15, 0.2) is 0 Å². The molecule has 0 N–H and O–H groups in total. The summed E-state index contributed by atoms with van der Waals surface area (Å²) in [6.45, 7) is 5.77. The van der Waals surface area contributed by atoms with Gasteiger partial charge in [-0.25, -0.2) is 0 Å². The molecule has 0 rings (SSSR count). The molecule has 0 saturated heterocycles. The predicted molar refractivity (Wildman–Crippen MR) is 105 cm³/mol. The Labute approximate surface area is 147 Å². The van der Waals surface area contributed by atoms with Crippen molar-refractivity contribution < 1.29 is 0 Å². The van der Waals surface area contributed by atoms with Crippen molar-refractivity contribution in [3.05, 3.63) is 0 Å². The van der Waals surface area contributed by atoms with Gasteiger partial charge in [0.25, 0.3) is 0 Å². The summed E-state index contributed by atoms with van der Waals surface area (Å²) in [5.74, 6) is 0.839. The summed E-state index contributed by atoms with van der Waals surface area (Å²) in [5.41, 5.74) is 0. The Morgan fingerprint density at radius 2 is 0.909 bits per heavy atom. The van der Waals surface area contributed by atoms with Gasteiger partial charge in [0.1, 0.15) is 0 Å². The normalized spacial score (nSPS) is 10.6. The lowest BCUT2D eigenvalue weighted by Crippen LogP contribution is -2.12. The van der Waals surface area contributed by atoms with Crippen LogP contribution >= 0.6 is 11.6 Å². The largest absolute Gasteiger partial charge is 0.309 e. The molecule has 0 radical (unpaired) electrons. The van der Waals surface area contributed by atoms with Crippen molar-refractivity contribution in [3.63, 3.8) is 0 Å². The molecule has 136 valence electrons. The van der Waals surface area contributed by atoms with Crippen molar-refractivity contribution in [1.82, 2.24) is 4.90 Å². The topological polar surface area (TPSA) is 3.24 Å². The van der Waals surface area contributed by atoms with Gasteiger partial charge < -0.3 is 4.90 Å². The molecule has 0 saturated carbocycles. The minimum atomic E-state index is 0.839. The highest BCUT2D eigenvalue weighted by atomic mass is 35.5. The van der Waals surface area contributed by atoms with Crippen LogP contribution in [-0.4, -0.2) is 31.4 Å². The SMILES string of the molecule is CCCCCCCCCCN(C)C.CCCCCCCCCl. The number of unbranched alkanes of at least 4 members (excludes halogenated alkanes) is 12. The quantitative estimate of drug-likeness (QED) is 0.225. The van der Waals surface area contributed by atoms with Crippen LogP contribution in [0.25, 0.3) is 0 Å². The van der Waals surface area contributed by atoms with Gasteiger partial charge >= 0.3 is 0 Å². The molecule has 0 heterocycles. The number of halogens is 1. The van der Waals surface area contributed by atoms with Crippen LogP contribution in [0.4, 0.5) is 0 Å². The summed E-state index contributed by atoms with van der Waals surface area (Å²) in [7, 11) is 4.31. The standard InChI is InChI=1S/C12H27N.C8H17Cl/c1-4-5-6-7-8-9-10-11-12-13(2)3;1-2-3-4-5-6-7-8-9/h4-12H2,1-3H3;2-8H2,1H3. The van der Waals surface area contributed by atoms with Gasteiger partial charge in [0.05, 0.1) is 0 Å². The van der Waals surface area contributed by atoms with Gasteiger partial charge in [-0.1, -0.05) is 90.9 Å². The third-order valence-corrected chi connectivity index (χ3v) is 4.21. The van der Waals surface area contributed by atoms with E-state index in [2.05, 4.69) is 32.8 Å². The summed E-state index contributed by atoms with van der Waals surface area (Å²) in [6.07, 6.45) is 19.4. The molecule has 0 aromatic carbocycles. The van der Waals surface area contributed by atoms with E-state index in [4.69, 9.17) is 11.6 Å². The molecule has 0 aromatic heterocycles. The molecule has 22 heavy (non-hydrogen) atoms. The van der Waals surface area contributed by atoms with E-state index in [1.54, 1.807) is 0 Å². The second-order valence-electron chi connectivity index (χ2n) is 6.73. The van der Waals surface area contributed by atoms with Crippen molar-refractivity contribution in [3.8, 4) is 0 Å². The molecule has 0 bridgehead atoms. The Bertz CT molecular complexity index is 165. The zero-order valence-electron chi connectivity index (χ0n) is 16.1. The van der Waals surface area contributed by atoms with Crippen molar-refractivity contribution in [2.45, 2.75) is 104 Å². The van der Waals surface area contributed by atoms with Gasteiger partial charge in [0, 0.05) is 5.88 Å². The summed E-state index contributed by atoms with van der Waals surface area (Å²) < 4.78 is 0. The number of nitrogens with zero attached hydrogens (tertiary/aromatic N) is 1. The van der Waals surface area contributed by atoms with Crippen LogP contribution in [-0.2, 0) is 0 Å². The molecule has 0 spiro atoms. The zero-order chi connectivity index (χ0) is 16.9. The van der Waals surface area contributed by atoms with Gasteiger partial charge in [-0.3, -0.25) is 0 Å². The molecule has 0 amide bonds. The lowest BCUT2D eigenvalue weighted by Gasteiger charge is -2.08. The van der Waals surface area contributed by atoms with Crippen molar-refractivity contribution in [1.29, 1.82) is 0 Å².